The molecule has 20 heavy (non-hydrogen) atoms. The van der Waals surface area contributed by atoms with Crippen molar-refractivity contribution >= 4 is 11.6 Å². The lowest BCUT2D eigenvalue weighted by Crippen LogP contribution is -2.05. The fourth-order valence-electron chi connectivity index (χ4n) is 1.81. The summed E-state index contributed by atoms with van der Waals surface area (Å²) in [4.78, 5) is 8.36. The molecule has 0 N–H and O–H groups in total. The van der Waals surface area contributed by atoms with Gasteiger partial charge in [-0.2, -0.15) is 13.2 Å². The predicted molar refractivity (Wildman–Crippen MR) is 71.6 cm³/mol. The standard InChI is InChI=1S/C14H12ClF3N2/c1-3-11-19-12(8(2)13(15)20-11)9-5-4-6-10(7-9)14(16,17)18/h4-7H,3H2,1-2H3. The van der Waals surface area contributed by atoms with E-state index in [2.05, 4.69) is 9.97 Å². The Hall–Kier alpha value is -1.62. The molecule has 0 spiro atoms. The Labute approximate surface area is 119 Å². The van der Waals surface area contributed by atoms with Crippen LogP contribution in [0.15, 0.2) is 24.3 Å². The molecule has 0 fully saturated rings. The lowest BCUT2D eigenvalue weighted by molar-refractivity contribution is -0.137. The lowest BCUT2D eigenvalue weighted by Gasteiger charge is -2.11. The highest BCUT2D eigenvalue weighted by atomic mass is 35.5. The van der Waals surface area contributed by atoms with Gasteiger partial charge in [0.05, 0.1) is 11.3 Å². The van der Waals surface area contributed by atoms with Crippen molar-refractivity contribution in [1.82, 2.24) is 9.97 Å². The van der Waals surface area contributed by atoms with Gasteiger partial charge in [0.25, 0.3) is 0 Å². The summed E-state index contributed by atoms with van der Waals surface area (Å²) in [5.74, 6) is 0.507. The predicted octanol–water partition coefficient (Wildman–Crippen LogP) is 4.69. The van der Waals surface area contributed by atoms with Crippen LogP contribution in [0.1, 0.15) is 23.9 Å². The van der Waals surface area contributed by atoms with Crippen LogP contribution in [-0.4, -0.2) is 9.97 Å². The Kier molecular flexibility index (Phi) is 3.99. The fraction of sp³-hybridized carbons (Fsp3) is 0.286. The lowest BCUT2D eigenvalue weighted by atomic mass is 10.0. The second-order valence-corrected chi connectivity index (χ2v) is 4.69. The summed E-state index contributed by atoms with van der Waals surface area (Å²) in [5, 5.41) is 0.268. The molecule has 0 atom stereocenters. The largest absolute Gasteiger partial charge is 0.416 e. The molecule has 0 amide bonds. The van der Waals surface area contributed by atoms with Crippen LogP contribution in [0.3, 0.4) is 0 Å². The molecule has 0 saturated carbocycles. The number of hydrogen-bond donors (Lipinski definition) is 0. The number of aromatic nitrogens is 2. The second-order valence-electron chi connectivity index (χ2n) is 4.34. The van der Waals surface area contributed by atoms with Gasteiger partial charge in [0, 0.05) is 17.5 Å². The van der Waals surface area contributed by atoms with Crippen molar-refractivity contribution in [3.63, 3.8) is 0 Å². The van der Waals surface area contributed by atoms with Crippen molar-refractivity contribution in [2.75, 3.05) is 0 Å². The van der Waals surface area contributed by atoms with E-state index in [1.165, 1.54) is 6.07 Å². The van der Waals surface area contributed by atoms with E-state index in [0.717, 1.165) is 12.1 Å². The first-order valence-electron chi connectivity index (χ1n) is 6.03. The van der Waals surface area contributed by atoms with Crippen LogP contribution in [0.4, 0.5) is 13.2 Å². The second kappa shape index (κ2) is 5.40. The van der Waals surface area contributed by atoms with E-state index >= 15 is 0 Å². The quantitative estimate of drug-likeness (QED) is 0.752. The summed E-state index contributed by atoms with van der Waals surface area (Å²) in [6, 6.07) is 5.05. The molecule has 0 aliphatic rings. The highest BCUT2D eigenvalue weighted by Crippen LogP contribution is 2.33. The maximum Gasteiger partial charge on any atom is 0.416 e. The summed E-state index contributed by atoms with van der Waals surface area (Å²) in [6.07, 6.45) is -3.82. The number of nitrogens with zero attached hydrogens (tertiary/aromatic N) is 2. The number of benzene rings is 1. The van der Waals surface area contributed by atoms with Crippen LogP contribution in [0.5, 0.6) is 0 Å². The summed E-state index contributed by atoms with van der Waals surface area (Å²) in [6.45, 7) is 3.55. The molecule has 0 aliphatic carbocycles. The maximum absolute atomic E-state index is 12.8. The molecular formula is C14H12ClF3N2. The summed E-state index contributed by atoms with van der Waals surface area (Å²) in [7, 11) is 0. The minimum Gasteiger partial charge on any atom is -0.233 e. The molecule has 6 heteroatoms. The SMILES string of the molecule is CCc1nc(Cl)c(C)c(-c2cccc(C(F)(F)F)c2)n1. The van der Waals surface area contributed by atoms with Crippen molar-refractivity contribution in [2.45, 2.75) is 26.4 Å². The molecular weight excluding hydrogens is 289 g/mol. The maximum atomic E-state index is 12.8. The van der Waals surface area contributed by atoms with Gasteiger partial charge in [-0.05, 0) is 19.1 Å². The first kappa shape index (κ1) is 14.8. The van der Waals surface area contributed by atoms with Crippen molar-refractivity contribution in [2.24, 2.45) is 0 Å². The third kappa shape index (κ3) is 2.93. The Bertz CT molecular complexity index is 639. The van der Waals surface area contributed by atoms with Crippen molar-refractivity contribution < 1.29 is 13.2 Å². The van der Waals surface area contributed by atoms with Gasteiger partial charge in [0.15, 0.2) is 0 Å². The number of aryl methyl sites for hydroxylation is 1. The van der Waals surface area contributed by atoms with Gasteiger partial charge in [-0.25, -0.2) is 9.97 Å². The molecule has 0 bridgehead atoms. The summed E-state index contributed by atoms with van der Waals surface area (Å²) < 4.78 is 38.3. The van der Waals surface area contributed by atoms with E-state index in [0.29, 0.717) is 29.1 Å². The van der Waals surface area contributed by atoms with E-state index < -0.39 is 11.7 Å². The Balaban J connectivity index is 2.60. The normalized spacial score (nSPS) is 11.7. The van der Waals surface area contributed by atoms with E-state index in [4.69, 9.17) is 11.6 Å². The van der Waals surface area contributed by atoms with Crippen LogP contribution in [0, 0.1) is 6.92 Å². The molecule has 0 saturated heterocycles. The van der Waals surface area contributed by atoms with Gasteiger partial charge < -0.3 is 0 Å². The average Bonchev–Trinajstić information content (AvgIpc) is 2.41. The monoisotopic (exact) mass is 300 g/mol. The van der Waals surface area contributed by atoms with E-state index in [9.17, 15) is 13.2 Å². The minimum absolute atomic E-state index is 0.268. The van der Waals surface area contributed by atoms with Gasteiger partial charge >= 0.3 is 6.18 Å². The molecule has 1 heterocycles. The Morgan fingerprint density at radius 1 is 1.20 bits per heavy atom. The van der Waals surface area contributed by atoms with Crippen LogP contribution in [0.2, 0.25) is 5.15 Å². The van der Waals surface area contributed by atoms with Gasteiger partial charge in [-0.1, -0.05) is 30.7 Å². The minimum atomic E-state index is -4.38. The van der Waals surface area contributed by atoms with E-state index in [1.807, 2.05) is 6.92 Å². The number of hydrogen-bond acceptors (Lipinski definition) is 2. The molecule has 2 nitrogen and oxygen atoms in total. The van der Waals surface area contributed by atoms with Crippen LogP contribution >= 0.6 is 11.6 Å². The number of rotatable bonds is 2. The zero-order valence-corrected chi connectivity index (χ0v) is 11.7. The summed E-state index contributed by atoms with van der Waals surface area (Å²) >= 11 is 6.00. The molecule has 0 radical (unpaired) electrons. The zero-order valence-electron chi connectivity index (χ0n) is 10.9. The Morgan fingerprint density at radius 3 is 2.50 bits per heavy atom. The van der Waals surface area contributed by atoms with Gasteiger partial charge in [0.1, 0.15) is 11.0 Å². The third-order valence-electron chi connectivity index (χ3n) is 2.91. The average molecular weight is 301 g/mol. The molecule has 1 aromatic heterocycles. The molecule has 0 unspecified atom stereocenters. The first-order chi connectivity index (χ1) is 9.32. The molecule has 106 valence electrons. The van der Waals surface area contributed by atoms with Gasteiger partial charge in [-0.3, -0.25) is 0 Å². The van der Waals surface area contributed by atoms with Crippen LogP contribution in [-0.2, 0) is 12.6 Å². The molecule has 2 aromatic rings. The molecule has 1 aromatic carbocycles. The first-order valence-corrected chi connectivity index (χ1v) is 6.41. The fourth-order valence-corrected chi connectivity index (χ4v) is 2.00. The highest BCUT2D eigenvalue weighted by molar-refractivity contribution is 6.30. The number of halogens is 4. The van der Waals surface area contributed by atoms with Crippen LogP contribution in [0.25, 0.3) is 11.3 Å². The van der Waals surface area contributed by atoms with E-state index in [1.54, 1.807) is 13.0 Å². The van der Waals surface area contributed by atoms with Crippen molar-refractivity contribution in [3.05, 3.63) is 46.4 Å². The van der Waals surface area contributed by atoms with Gasteiger partial charge in [0.2, 0.25) is 0 Å². The zero-order chi connectivity index (χ0) is 14.9. The van der Waals surface area contributed by atoms with Crippen molar-refractivity contribution in [3.8, 4) is 11.3 Å². The highest BCUT2D eigenvalue weighted by Gasteiger charge is 2.30. The van der Waals surface area contributed by atoms with Gasteiger partial charge in [-0.15, -0.1) is 0 Å². The Morgan fingerprint density at radius 2 is 1.90 bits per heavy atom. The third-order valence-corrected chi connectivity index (χ3v) is 3.28. The smallest absolute Gasteiger partial charge is 0.233 e. The number of alkyl halides is 3. The van der Waals surface area contributed by atoms with Crippen LogP contribution < -0.4 is 0 Å². The van der Waals surface area contributed by atoms with E-state index in [-0.39, 0.29) is 5.15 Å². The topological polar surface area (TPSA) is 25.8 Å². The molecule has 0 aliphatic heterocycles. The van der Waals surface area contributed by atoms with Crippen molar-refractivity contribution in [1.29, 1.82) is 0 Å². The molecule has 2 rings (SSSR count). The summed E-state index contributed by atoms with van der Waals surface area (Å²) in [5.41, 5.74) is 0.689.